The Balaban J connectivity index is 1.69. The summed E-state index contributed by atoms with van der Waals surface area (Å²) >= 11 is 0. The highest BCUT2D eigenvalue weighted by Gasteiger charge is 2.28. The van der Waals surface area contributed by atoms with E-state index in [-0.39, 0.29) is 12.6 Å². The summed E-state index contributed by atoms with van der Waals surface area (Å²) in [6.45, 7) is 6.61. The molecule has 2 rings (SSSR count). The second-order valence-electron chi connectivity index (χ2n) is 5.62. The van der Waals surface area contributed by atoms with Crippen LogP contribution in [0.15, 0.2) is 4.52 Å². The molecule has 0 radical (unpaired) electrons. The summed E-state index contributed by atoms with van der Waals surface area (Å²) in [5, 5.41) is 3.90. The molecule has 1 aliphatic heterocycles. The molecule has 6 nitrogen and oxygen atoms in total. The van der Waals surface area contributed by atoms with Gasteiger partial charge in [0, 0.05) is 39.1 Å². The van der Waals surface area contributed by atoms with Gasteiger partial charge in [-0.2, -0.15) is 18.2 Å². The highest BCUT2D eigenvalue weighted by atomic mass is 19.4. The summed E-state index contributed by atoms with van der Waals surface area (Å²) in [5.74, 6) is 1.32. The van der Waals surface area contributed by atoms with E-state index in [4.69, 9.17) is 4.52 Å². The predicted octanol–water partition coefficient (Wildman–Crippen LogP) is 1.89. The zero-order valence-corrected chi connectivity index (χ0v) is 13.5. The number of nitrogens with zero attached hydrogens (tertiary/aromatic N) is 4. The number of ether oxygens (including phenoxy) is 1. The molecule has 1 saturated heterocycles. The minimum absolute atomic E-state index is 0.0476. The Morgan fingerprint density at radius 2 is 1.96 bits per heavy atom. The van der Waals surface area contributed by atoms with Crippen LogP contribution in [0.1, 0.15) is 31.6 Å². The van der Waals surface area contributed by atoms with Crippen LogP contribution in [0.25, 0.3) is 0 Å². The molecule has 132 valence electrons. The average molecular weight is 336 g/mol. The van der Waals surface area contributed by atoms with Crippen molar-refractivity contribution < 1.29 is 22.4 Å². The smallest absolute Gasteiger partial charge is 0.371 e. The molecule has 0 spiro atoms. The maximum absolute atomic E-state index is 12.0. The maximum Gasteiger partial charge on any atom is 0.411 e. The van der Waals surface area contributed by atoms with Gasteiger partial charge in [-0.3, -0.25) is 9.80 Å². The van der Waals surface area contributed by atoms with Crippen molar-refractivity contribution in [1.82, 2.24) is 19.9 Å². The topological polar surface area (TPSA) is 54.6 Å². The van der Waals surface area contributed by atoms with Gasteiger partial charge in [-0.1, -0.05) is 12.1 Å². The number of aromatic nitrogens is 2. The van der Waals surface area contributed by atoms with Crippen LogP contribution in [0.3, 0.4) is 0 Å². The van der Waals surface area contributed by atoms with Crippen molar-refractivity contribution in [2.45, 2.75) is 32.5 Å². The summed E-state index contributed by atoms with van der Waals surface area (Å²) < 4.78 is 45.9. The third-order valence-corrected chi connectivity index (χ3v) is 3.93. The third-order valence-electron chi connectivity index (χ3n) is 3.93. The minimum atomic E-state index is -4.25. The number of rotatable bonds is 7. The number of alkyl halides is 3. The monoisotopic (exact) mass is 336 g/mol. The van der Waals surface area contributed by atoms with Gasteiger partial charge in [0.05, 0.1) is 12.6 Å². The molecule has 0 aromatic carbocycles. The van der Waals surface area contributed by atoms with Gasteiger partial charge in [-0.05, 0) is 6.92 Å². The molecular weight excluding hydrogens is 313 g/mol. The van der Waals surface area contributed by atoms with E-state index in [0.29, 0.717) is 18.3 Å². The summed E-state index contributed by atoms with van der Waals surface area (Å²) in [5.41, 5.74) is 0. The Morgan fingerprint density at radius 3 is 2.52 bits per heavy atom. The first-order valence-electron chi connectivity index (χ1n) is 7.82. The van der Waals surface area contributed by atoms with E-state index in [0.717, 1.165) is 32.6 Å². The first-order valence-corrected chi connectivity index (χ1v) is 7.82. The lowest BCUT2D eigenvalue weighted by Gasteiger charge is -2.36. The van der Waals surface area contributed by atoms with Crippen LogP contribution in [-0.2, 0) is 11.2 Å². The Labute approximate surface area is 133 Å². The zero-order valence-electron chi connectivity index (χ0n) is 13.5. The van der Waals surface area contributed by atoms with Crippen LogP contribution in [0.4, 0.5) is 13.2 Å². The van der Waals surface area contributed by atoms with Crippen molar-refractivity contribution in [1.29, 1.82) is 0 Å². The fraction of sp³-hybridized carbons (Fsp3) is 0.857. The lowest BCUT2D eigenvalue weighted by atomic mass is 10.2. The molecular formula is C14H23F3N4O2. The number of aryl methyl sites for hydroxylation is 1. The van der Waals surface area contributed by atoms with Crippen LogP contribution in [-0.4, -0.2) is 72.1 Å². The van der Waals surface area contributed by atoms with Crippen LogP contribution < -0.4 is 0 Å². The Bertz CT molecular complexity index is 473. The van der Waals surface area contributed by atoms with Gasteiger partial charge in [0.2, 0.25) is 5.89 Å². The Kier molecular flexibility index (Phi) is 6.37. The summed E-state index contributed by atoms with van der Waals surface area (Å²) in [6, 6.07) is 0.0476. The fourth-order valence-corrected chi connectivity index (χ4v) is 2.49. The largest absolute Gasteiger partial charge is 0.411 e. The second-order valence-corrected chi connectivity index (χ2v) is 5.62. The molecule has 0 aliphatic carbocycles. The van der Waals surface area contributed by atoms with Crippen LogP contribution >= 0.6 is 0 Å². The van der Waals surface area contributed by atoms with Crippen molar-refractivity contribution in [3.8, 4) is 0 Å². The van der Waals surface area contributed by atoms with E-state index in [2.05, 4.69) is 24.7 Å². The highest BCUT2D eigenvalue weighted by molar-refractivity contribution is 4.93. The SMILES string of the molecule is CCc1noc([C@@H](C)N2CCN(CCOCC(F)(F)F)CC2)n1. The van der Waals surface area contributed by atoms with Crippen molar-refractivity contribution in [2.24, 2.45) is 0 Å². The Hall–Kier alpha value is -1.19. The van der Waals surface area contributed by atoms with Crippen molar-refractivity contribution in [3.63, 3.8) is 0 Å². The molecule has 0 unspecified atom stereocenters. The average Bonchev–Trinajstić information content (AvgIpc) is 2.99. The van der Waals surface area contributed by atoms with Crippen LogP contribution in [0, 0.1) is 0 Å². The molecule has 1 fully saturated rings. The van der Waals surface area contributed by atoms with Gasteiger partial charge >= 0.3 is 6.18 Å². The molecule has 0 amide bonds. The molecule has 1 aliphatic rings. The lowest BCUT2D eigenvalue weighted by Crippen LogP contribution is -2.48. The van der Waals surface area contributed by atoms with Gasteiger partial charge in [-0.25, -0.2) is 0 Å². The molecule has 1 atom stereocenters. The van der Waals surface area contributed by atoms with Gasteiger partial charge in [-0.15, -0.1) is 0 Å². The molecule has 9 heteroatoms. The second kappa shape index (κ2) is 8.07. The fourth-order valence-electron chi connectivity index (χ4n) is 2.49. The summed E-state index contributed by atoms with van der Waals surface area (Å²) in [7, 11) is 0. The molecule has 0 saturated carbocycles. The lowest BCUT2D eigenvalue weighted by molar-refractivity contribution is -0.174. The predicted molar refractivity (Wildman–Crippen MR) is 77.0 cm³/mol. The first-order chi connectivity index (χ1) is 10.9. The van der Waals surface area contributed by atoms with Gasteiger partial charge in [0.25, 0.3) is 0 Å². The molecule has 2 heterocycles. The van der Waals surface area contributed by atoms with Gasteiger partial charge < -0.3 is 9.26 Å². The van der Waals surface area contributed by atoms with E-state index in [9.17, 15) is 13.2 Å². The third kappa shape index (κ3) is 5.74. The number of hydrogen-bond donors (Lipinski definition) is 0. The van der Waals surface area contributed by atoms with E-state index in [1.165, 1.54) is 0 Å². The minimum Gasteiger partial charge on any atom is -0.371 e. The van der Waals surface area contributed by atoms with Crippen LogP contribution in [0.2, 0.25) is 0 Å². The highest BCUT2D eigenvalue weighted by Crippen LogP contribution is 2.20. The summed E-state index contributed by atoms with van der Waals surface area (Å²) in [4.78, 5) is 8.69. The zero-order chi connectivity index (χ0) is 16.9. The van der Waals surface area contributed by atoms with E-state index in [1.54, 1.807) is 0 Å². The summed E-state index contributed by atoms with van der Waals surface area (Å²) in [6.07, 6.45) is -3.52. The van der Waals surface area contributed by atoms with E-state index < -0.39 is 12.8 Å². The van der Waals surface area contributed by atoms with Gasteiger partial charge in [0.15, 0.2) is 5.82 Å². The van der Waals surface area contributed by atoms with Gasteiger partial charge in [0.1, 0.15) is 6.61 Å². The van der Waals surface area contributed by atoms with Crippen molar-refractivity contribution in [3.05, 3.63) is 11.7 Å². The van der Waals surface area contributed by atoms with Crippen LogP contribution in [0.5, 0.6) is 0 Å². The molecule has 1 aromatic rings. The van der Waals surface area contributed by atoms with Crippen molar-refractivity contribution in [2.75, 3.05) is 45.9 Å². The molecule has 0 bridgehead atoms. The number of halogens is 3. The van der Waals surface area contributed by atoms with E-state index in [1.807, 2.05) is 13.8 Å². The van der Waals surface area contributed by atoms with Crippen molar-refractivity contribution >= 4 is 0 Å². The number of piperazine rings is 1. The quantitative estimate of drug-likeness (QED) is 0.709. The molecule has 1 aromatic heterocycles. The normalized spacial score (nSPS) is 19.2. The maximum atomic E-state index is 12.0. The number of hydrogen-bond acceptors (Lipinski definition) is 6. The first kappa shape index (κ1) is 18.2. The molecule has 0 N–H and O–H groups in total. The standard InChI is InChI=1S/C14H23F3N4O2/c1-3-12-18-13(23-19-12)11(2)21-6-4-20(5-7-21)8-9-22-10-14(15,16)17/h11H,3-10H2,1-2H3/t11-/m1/s1. The Morgan fingerprint density at radius 1 is 1.26 bits per heavy atom. The van der Waals surface area contributed by atoms with E-state index >= 15 is 0 Å². The molecule has 23 heavy (non-hydrogen) atoms.